The van der Waals surface area contributed by atoms with Gasteiger partial charge in [-0.1, -0.05) is 32.9 Å². The van der Waals surface area contributed by atoms with Crippen molar-refractivity contribution in [3.63, 3.8) is 0 Å². The maximum Gasteiger partial charge on any atom is 0.307 e. The number of allylic oxidation sites excluding steroid dienone is 2. The van der Waals surface area contributed by atoms with E-state index in [0.717, 1.165) is 6.42 Å². The first-order chi connectivity index (χ1) is 10.9. The van der Waals surface area contributed by atoms with Crippen molar-refractivity contribution in [1.82, 2.24) is 10.6 Å². The molecule has 5 atom stereocenters. The van der Waals surface area contributed by atoms with Gasteiger partial charge in [-0.2, -0.15) is 0 Å². The minimum absolute atomic E-state index is 0.0346. The number of carboxylic acids is 1. The predicted octanol–water partition coefficient (Wildman–Crippen LogP) is 1.18. The van der Waals surface area contributed by atoms with Gasteiger partial charge in [0.15, 0.2) is 0 Å². The predicted molar refractivity (Wildman–Crippen MR) is 85.4 cm³/mol. The Kier molecular flexibility index (Phi) is 5.44. The zero-order valence-electron chi connectivity index (χ0n) is 13.9. The molecule has 0 heterocycles. The third-order valence-electron chi connectivity index (χ3n) is 4.84. The Morgan fingerprint density at radius 3 is 2.30 bits per heavy atom. The summed E-state index contributed by atoms with van der Waals surface area (Å²) in [6.45, 7) is 6.26. The molecule has 2 bridgehead atoms. The van der Waals surface area contributed by atoms with Gasteiger partial charge in [0.25, 0.3) is 0 Å². The molecule has 2 rings (SSSR count). The summed E-state index contributed by atoms with van der Waals surface area (Å²) in [4.78, 5) is 36.4. The highest BCUT2D eigenvalue weighted by Crippen LogP contribution is 2.48. The first-order valence-corrected chi connectivity index (χ1v) is 8.36. The Balaban J connectivity index is 2.08. The molecule has 6 nitrogen and oxygen atoms in total. The molecule has 3 N–H and O–H groups in total. The zero-order valence-corrected chi connectivity index (χ0v) is 13.9. The number of nitrogens with one attached hydrogen (secondary N) is 2. The number of fused-ring (bicyclic) bond motifs is 2. The third kappa shape index (κ3) is 3.57. The van der Waals surface area contributed by atoms with Crippen LogP contribution in [0.4, 0.5) is 0 Å². The fourth-order valence-electron chi connectivity index (χ4n) is 3.66. The van der Waals surface area contributed by atoms with E-state index in [-0.39, 0.29) is 29.6 Å². The number of rotatable bonds is 7. The van der Waals surface area contributed by atoms with E-state index >= 15 is 0 Å². The molecule has 128 valence electrons. The molecule has 0 radical (unpaired) electrons. The lowest BCUT2D eigenvalue weighted by atomic mass is 9.82. The van der Waals surface area contributed by atoms with Crippen molar-refractivity contribution in [1.29, 1.82) is 0 Å². The van der Waals surface area contributed by atoms with Crippen LogP contribution in [0.2, 0.25) is 0 Å². The van der Waals surface area contributed by atoms with E-state index in [2.05, 4.69) is 10.6 Å². The Labute approximate surface area is 136 Å². The summed E-state index contributed by atoms with van der Waals surface area (Å²) in [5, 5.41) is 15.0. The van der Waals surface area contributed by atoms with Crippen LogP contribution in [-0.2, 0) is 14.4 Å². The van der Waals surface area contributed by atoms with Gasteiger partial charge in [-0.25, -0.2) is 0 Å². The summed E-state index contributed by atoms with van der Waals surface area (Å²) in [5.74, 6) is -2.89. The van der Waals surface area contributed by atoms with Crippen LogP contribution >= 0.6 is 0 Å². The average molecular weight is 322 g/mol. The van der Waals surface area contributed by atoms with Crippen molar-refractivity contribution < 1.29 is 19.5 Å². The maximum absolute atomic E-state index is 12.7. The minimum Gasteiger partial charge on any atom is -0.481 e. The zero-order chi connectivity index (χ0) is 17.1. The lowest BCUT2D eigenvalue weighted by Crippen LogP contribution is -2.53. The topological polar surface area (TPSA) is 95.5 Å². The lowest BCUT2D eigenvalue weighted by Gasteiger charge is -2.28. The van der Waals surface area contributed by atoms with Crippen LogP contribution in [0.1, 0.15) is 33.6 Å². The normalized spacial score (nSPS) is 29.6. The molecule has 0 aromatic heterocycles. The van der Waals surface area contributed by atoms with Gasteiger partial charge in [-0.3, -0.25) is 14.4 Å². The summed E-state index contributed by atoms with van der Waals surface area (Å²) in [6.07, 6.45) is 5.38. The third-order valence-corrected chi connectivity index (χ3v) is 4.84. The van der Waals surface area contributed by atoms with Gasteiger partial charge in [0.2, 0.25) is 11.8 Å². The molecule has 0 aromatic rings. The molecule has 0 saturated heterocycles. The fraction of sp³-hybridized carbons (Fsp3) is 0.706. The van der Waals surface area contributed by atoms with E-state index in [1.165, 1.54) is 0 Å². The number of aliphatic carboxylic acids is 1. The Bertz CT molecular complexity index is 515. The summed E-state index contributed by atoms with van der Waals surface area (Å²) >= 11 is 0. The van der Waals surface area contributed by atoms with Crippen LogP contribution in [0.15, 0.2) is 12.2 Å². The first-order valence-electron chi connectivity index (χ1n) is 8.36. The van der Waals surface area contributed by atoms with Gasteiger partial charge in [-0.05, 0) is 30.6 Å². The van der Waals surface area contributed by atoms with Crippen molar-refractivity contribution in [3.8, 4) is 0 Å². The number of carboxylic acid groups (broad SMARTS) is 1. The number of carbonyl (C=O) groups excluding carboxylic acids is 2. The fourth-order valence-corrected chi connectivity index (χ4v) is 3.66. The second-order valence-electron chi connectivity index (χ2n) is 6.86. The standard InChI is InChI=1S/C17H26N2O4/c1-4-7-18-16(21)14(9(2)3)19-15(20)12-10-5-6-11(8-10)13(12)17(22)23/h5-6,9-14H,4,7-8H2,1-3H3,(H,18,21)(H,19,20)(H,22,23)/t10?,11?,12-,13+,14-/m0/s1. The second-order valence-corrected chi connectivity index (χ2v) is 6.86. The van der Waals surface area contributed by atoms with Crippen LogP contribution in [0, 0.1) is 29.6 Å². The van der Waals surface area contributed by atoms with Crippen molar-refractivity contribution >= 4 is 17.8 Å². The molecule has 6 heteroatoms. The molecular weight excluding hydrogens is 296 g/mol. The van der Waals surface area contributed by atoms with Crippen LogP contribution in [0.5, 0.6) is 0 Å². The number of hydrogen-bond acceptors (Lipinski definition) is 3. The lowest BCUT2D eigenvalue weighted by molar-refractivity contribution is -0.148. The summed E-state index contributed by atoms with van der Waals surface area (Å²) in [5.41, 5.74) is 0. The van der Waals surface area contributed by atoms with Crippen LogP contribution in [0.25, 0.3) is 0 Å². The van der Waals surface area contributed by atoms with Crippen molar-refractivity contribution in [2.45, 2.75) is 39.7 Å². The smallest absolute Gasteiger partial charge is 0.307 e. The Morgan fingerprint density at radius 1 is 1.17 bits per heavy atom. The highest BCUT2D eigenvalue weighted by Gasteiger charge is 2.52. The average Bonchev–Trinajstić information content (AvgIpc) is 3.10. The number of carbonyl (C=O) groups is 3. The monoisotopic (exact) mass is 322 g/mol. The van der Waals surface area contributed by atoms with Gasteiger partial charge in [0, 0.05) is 6.54 Å². The van der Waals surface area contributed by atoms with E-state index in [4.69, 9.17) is 0 Å². The molecule has 2 aliphatic carbocycles. The Morgan fingerprint density at radius 2 is 1.78 bits per heavy atom. The second kappa shape index (κ2) is 7.15. The molecule has 1 saturated carbocycles. The molecule has 2 unspecified atom stereocenters. The Hall–Kier alpha value is -1.85. The van der Waals surface area contributed by atoms with E-state index in [1.807, 2.05) is 32.9 Å². The molecule has 0 aliphatic heterocycles. The van der Waals surface area contributed by atoms with E-state index in [9.17, 15) is 19.5 Å². The van der Waals surface area contributed by atoms with E-state index < -0.39 is 23.8 Å². The van der Waals surface area contributed by atoms with Gasteiger partial charge < -0.3 is 15.7 Å². The molecule has 2 amide bonds. The highest BCUT2D eigenvalue weighted by atomic mass is 16.4. The highest BCUT2D eigenvalue weighted by molar-refractivity contribution is 5.91. The van der Waals surface area contributed by atoms with Gasteiger partial charge in [-0.15, -0.1) is 0 Å². The van der Waals surface area contributed by atoms with Crippen LogP contribution in [0.3, 0.4) is 0 Å². The molecule has 23 heavy (non-hydrogen) atoms. The van der Waals surface area contributed by atoms with Gasteiger partial charge in [0.1, 0.15) is 6.04 Å². The van der Waals surface area contributed by atoms with Gasteiger partial charge in [0.05, 0.1) is 11.8 Å². The molecule has 0 spiro atoms. The number of hydrogen-bond donors (Lipinski definition) is 3. The summed E-state index contributed by atoms with van der Waals surface area (Å²) < 4.78 is 0. The molecule has 1 fully saturated rings. The van der Waals surface area contributed by atoms with Crippen molar-refractivity contribution in [2.24, 2.45) is 29.6 Å². The minimum atomic E-state index is -0.932. The maximum atomic E-state index is 12.7. The van der Waals surface area contributed by atoms with Crippen molar-refractivity contribution in [3.05, 3.63) is 12.2 Å². The summed E-state index contributed by atoms with van der Waals surface area (Å²) in [7, 11) is 0. The largest absolute Gasteiger partial charge is 0.481 e. The molecule has 2 aliphatic rings. The SMILES string of the molecule is CCCNC(=O)[C@@H](NC(=O)[C@H]1C2C=CC(C2)[C@H]1C(=O)O)C(C)C. The molecule has 0 aromatic carbocycles. The van der Waals surface area contributed by atoms with Crippen LogP contribution < -0.4 is 10.6 Å². The van der Waals surface area contributed by atoms with Crippen molar-refractivity contribution in [2.75, 3.05) is 6.54 Å². The quantitative estimate of drug-likeness (QED) is 0.613. The summed E-state index contributed by atoms with van der Waals surface area (Å²) in [6, 6.07) is -0.633. The molecular formula is C17H26N2O4. The van der Waals surface area contributed by atoms with Crippen LogP contribution in [-0.4, -0.2) is 35.5 Å². The van der Waals surface area contributed by atoms with E-state index in [0.29, 0.717) is 13.0 Å². The van der Waals surface area contributed by atoms with E-state index in [1.54, 1.807) is 0 Å². The first kappa shape index (κ1) is 17.5. The van der Waals surface area contributed by atoms with Gasteiger partial charge >= 0.3 is 5.97 Å². The number of amides is 2.